The lowest BCUT2D eigenvalue weighted by Crippen LogP contribution is -2.26. The summed E-state index contributed by atoms with van der Waals surface area (Å²) in [6, 6.07) is 2.98. The molecule has 0 spiro atoms. The van der Waals surface area contributed by atoms with Gasteiger partial charge in [0.05, 0.1) is 27.7 Å². The van der Waals surface area contributed by atoms with Gasteiger partial charge in [0, 0.05) is 26.8 Å². The van der Waals surface area contributed by atoms with Gasteiger partial charge in [-0.2, -0.15) is 0 Å². The summed E-state index contributed by atoms with van der Waals surface area (Å²) < 4.78 is 24.0. The summed E-state index contributed by atoms with van der Waals surface area (Å²) in [6.45, 7) is 0.977. The molecule has 0 heterocycles. The van der Waals surface area contributed by atoms with Crippen LogP contribution >= 0.6 is 22.6 Å². The van der Waals surface area contributed by atoms with E-state index in [9.17, 15) is 4.39 Å². The average molecular weight is 354 g/mol. The number of ether oxygens (including phenoxy) is 2. The van der Waals surface area contributed by atoms with Gasteiger partial charge in [0.25, 0.3) is 0 Å². The first-order valence-corrected chi connectivity index (χ1v) is 6.16. The number of hydrogen-bond acceptors (Lipinski definition) is 4. The minimum Gasteiger partial charge on any atom is -0.397 e. The van der Waals surface area contributed by atoms with Crippen molar-refractivity contribution in [3.05, 3.63) is 21.5 Å². The van der Waals surface area contributed by atoms with Gasteiger partial charge in [-0.1, -0.05) is 0 Å². The maximum absolute atomic E-state index is 13.4. The number of anilines is 2. The molecule has 1 unspecified atom stereocenters. The summed E-state index contributed by atoms with van der Waals surface area (Å²) in [4.78, 5) is 0. The zero-order valence-electron chi connectivity index (χ0n) is 9.80. The molecule has 1 rings (SSSR count). The van der Waals surface area contributed by atoms with E-state index in [1.54, 1.807) is 20.3 Å². The lowest BCUT2D eigenvalue weighted by Gasteiger charge is -2.17. The number of nitrogens with two attached hydrogens (primary N) is 1. The third-order valence-electron chi connectivity index (χ3n) is 2.30. The first kappa shape index (κ1) is 14.5. The van der Waals surface area contributed by atoms with Gasteiger partial charge in [-0.15, -0.1) is 0 Å². The van der Waals surface area contributed by atoms with Crippen molar-refractivity contribution in [1.82, 2.24) is 0 Å². The second-order valence-electron chi connectivity index (χ2n) is 3.55. The van der Waals surface area contributed by atoms with Crippen molar-refractivity contribution in [2.24, 2.45) is 0 Å². The van der Waals surface area contributed by atoms with E-state index in [-0.39, 0.29) is 11.9 Å². The number of nitrogens with one attached hydrogen (secondary N) is 1. The Balaban J connectivity index is 2.65. The lowest BCUT2D eigenvalue weighted by atomic mass is 10.2. The maximum atomic E-state index is 13.4. The first-order valence-electron chi connectivity index (χ1n) is 5.08. The van der Waals surface area contributed by atoms with E-state index in [0.717, 1.165) is 0 Å². The number of halogens is 2. The Morgan fingerprint density at radius 2 is 2.18 bits per heavy atom. The highest BCUT2D eigenvalue weighted by molar-refractivity contribution is 14.1. The summed E-state index contributed by atoms with van der Waals surface area (Å²) in [6.07, 6.45) is -0.0956. The second kappa shape index (κ2) is 6.97. The van der Waals surface area contributed by atoms with Crippen molar-refractivity contribution in [1.29, 1.82) is 0 Å². The van der Waals surface area contributed by atoms with Crippen LogP contribution < -0.4 is 11.1 Å². The van der Waals surface area contributed by atoms with Crippen LogP contribution in [0.5, 0.6) is 0 Å². The van der Waals surface area contributed by atoms with Gasteiger partial charge in [0.2, 0.25) is 0 Å². The Kier molecular flexibility index (Phi) is 5.93. The lowest BCUT2D eigenvalue weighted by molar-refractivity contribution is 0.0366. The molecule has 17 heavy (non-hydrogen) atoms. The van der Waals surface area contributed by atoms with Gasteiger partial charge >= 0.3 is 0 Å². The topological polar surface area (TPSA) is 56.5 Å². The summed E-state index contributed by atoms with van der Waals surface area (Å²) in [5.74, 6) is -0.289. The second-order valence-corrected chi connectivity index (χ2v) is 4.71. The van der Waals surface area contributed by atoms with Crippen LogP contribution in [-0.2, 0) is 9.47 Å². The molecule has 1 atom stereocenters. The Morgan fingerprint density at radius 1 is 1.47 bits per heavy atom. The van der Waals surface area contributed by atoms with Crippen molar-refractivity contribution in [3.8, 4) is 0 Å². The highest BCUT2D eigenvalue weighted by Gasteiger charge is 2.09. The average Bonchev–Trinajstić information content (AvgIpc) is 2.30. The van der Waals surface area contributed by atoms with E-state index in [4.69, 9.17) is 15.2 Å². The molecule has 0 aromatic heterocycles. The van der Waals surface area contributed by atoms with Crippen LogP contribution in [0.4, 0.5) is 15.8 Å². The van der Waals surface area contributed by atoms with E-state index in [2.05, 4.69) is 5.32 Å². The molecule has 0 saturated heterocycles. The molecule has 6 heteroatoms. The maximum Gasteiger partial charge on any atom is 0.138 e. The van der Waals surface area contributed by atoms with Crippen molar-refractivity contribution >= 4 is 34.0 Å². The molecule has 1 aromatic carbocycles. The van der Waals surface area contributed by atoms with E-state index in [1.165, 1.54) is 6.07 Å². The van der Waals surface area contributed by atoms with Crippen LogP contribution in [0.3, 0.4) is 0 Å². The molecule has 0 aliphatic rings. The Morgan fingerprint density at radius 3 is 2.76 bits per heavy atom. The van der Waals surface area contributed by atoms with Crippen molar-refractivity contribution in [2.75, 3.05) is 38.4 Å². The Labute approximate surface area is 114 Å². The van der Waals surface area contributed by atoms with E-state index < -0.39 is 0 Å². The SMILES string of the molecule is COCC(CNc1cc(F)c(I)cc1N)OC. The zero-order chi connectivity index (χ0) is 12.8. The van der Waals surface area contributed by atoms with Crippen molar-refractivity contribution < 1.29 is 13.9 Å². The number of benzene rings is 1. The third-order valence-corrected chi connectivity index (χ3v) is 3.13. The molecule has 1 aromatic rings. The highest BCUT2D eigenvalue weighted by atomic mass is 127. The summed E-state index contributed by atoms with van der Waals surface area (Å²) in [5, 5.41) is 3.04. The van der Waals surface area contributed by atoms with E-state index in [0.29, 0.717) is 28.1 Å². The largest absolute Gasteiger partial charge is 0.397 e. The van der Waals surface area contributed by atoms with Crippen LogP contribution in [0.25, 0.3) is 0 Å². The van der Waals surface area contributed by atoms with Crippen LogP contribution in [0.2, 0.25) is 0 Å². The minimum atomic E-state index is -0.289. The number of nitrogen functional groups attached to an aromatic ring is 1. The van der Waals surface area contributed by atoms with Crippen LogP contribution in [-0.4, -0.2) is 33.5 Å². The van der Waals surface area contributed by atoms with Gasteiger partial charge in [0.1, 0.15) is 5.82 Å². The molecule has 0 aliphatic carbocycles. The zero-order valence-corrected chi connectivity index (χ0v) is 12.0. The molecule has 0 bridgehead atoms. The van der Waals surface area contributed by atoms with Gasteiger partial charge in [-0.3, -0.25) is 0 Å². The quantitative estimate of drug-likeness (QED) is 0.607. The summed E-state index contributed by atoms with van der Waals surface area (Å²) in [7, 11) is 3.20. The van der Waals surface area contributed by atoms with Crippen LogP contribution in [0.15, 0.2) is 12.1 Å². The predicted octanol–water partition coefficient (Wildman–Crippen LogP) is 2.09. The van der Waals surface area contributed by atoms with E-state index >= 15 is 0 Å². The van der Waals surface area contributed by atoms with Gasteiger partial charge in [0.15, 0.2) is 0 Å². The number of methoxy groups -OCH3 is 2. The molecular weight excluding hydrogens is 338 g/mol. The molecule has 0 saturated carbocycles. The predicted molar refractivity (Wildman–Crippen MR) is 74.7 cm³/mol. The molecule has 96 valence electrons. The van der Waals surface area contributed by atoms with Crippen LogP contribution in [0, 0.1) is 9.39 Å². The normalized spacial score (nSPS) is 12.5. The third kappa shape index (κ3) is 4.29. The van der Waals surface area contributed by atoms with Gasteiger partial charge in [-0.25, -0.2) is 4.39 Å². The molecular formula is C11H16FIN2O2. The molecule has 0 fully saturated rings. The molecule has 0 aliphatic heterocycles. The van der Waals surface area contributed by atoms with Crippen molar-refractivity contribution in [2.45, 2.75) is 6.10 Å². The molecule has 0 radical (unpaired) electrons. The molecule has 3 N–H and O–H groups in total. The fraction of sp³-hybridized carbons (Fsp3) is 0.455. The van der Waals surface area contributed by atoms with Gasteiger partial charge < -0.3 is 20.5 Å². The summed E-state index contributed by atoms with van der Waals surface area (Å²) in [5.41, 5.74) is 6.87. The van der Waals surface area contributed by atoms with Crippen LogP contribution in [0.1, 0.15) is 0 Å². The van der Waals surface area contributed by atoms with E-state index in [1.807, 2.05) is 22.6 Å². The smallest absolute Gasteiger partial charge is 0.138 e. The summed E-state index contributed by atoms with van der Waals surface area (Å²) >= 11 is 1.90. The Hall–Kier alpha value is -0.600. The fourth-order valence-corrected chi connectivity index (χ4v) is 1.83. The highest BCUT2D eigenvalue weighted by Crippen LogP contribution is 2.24. The molecule has 0 amide bonds. The number of rotatable bonds is 6. The fourth-order valence-electron chi connectivity index (χ4n) is 1.34. The monoisotopic (exact) mass is 354 g/mol. The molecule has 4 nitrogen and oxygen atoms in total. The van der Waals surface area contributed by atoms with Gasteiger partial charge in [-0.05, 0) is 28.7 Å². The van der Waals surface area contributed by atoms with Crippen molar-refractivity contribution in [3.63, 3.8) is 0 Å². The minimum absolute atomic E-state index is 0.0956. The standard InChI is InChI=1S/C11H16FIN2O2/c1-16-6-7(17-2)5-15-11-3-8(12)9(13)4-10(11)14/h3-4,7,15H,5-6,14H2,1-2H3. The Bertz CT molecular complexity index is 377. The first-order chi connectivity index (χ1) is 8.08. The number of hydrogen-bond donors (Lipinski definition) is 2.